The summed E-state index contributed by atoms with van der Waals surface area (Å²) in [5.41, 5.74) is 9.91. The van der Waals surface area contributed by atoms with Gasteiger partial charge in [-0.2, -0.15) is 0 Å². The van der Waals surface area contributed by atoms with Crippen molar-refractivity contribution < 1.29 is 0 Å². The molecule has 0 heterocycles. The van der Waals surface area contributed by atoms with Crippen LogP contribution in [0.2, 0.25) is 0 Å². The van der Waals surface area contributed by atoms with E-state index < -0.39 is 0 Å². The summed E-state index contributed by atoms with van der Waals surface area (Å²) in [7, 11) is 0. The van der Waals surface area contributed by atoms with Crippen LogP contribution in [0.25, 0.3) is 120 Å². The molecule has 0 nitrogen and oxygen atoms in total. The molecule has 0 heteroatoms. The molecule has 0 radical (unpaired) electrons. The lowest BCUT2D eigenvalue weighted by atomic mass is 9.88. The van der Waals surface area contributed by atoms with Gasteiger partial charge in [0.25, 0.3) is 0 Å². The van der Waals surface area contributed by atoms with Crippen LogP contribution in [0.15, 0.2) is 218 Å². The molecule has 0 aromatic heterocycles. The van der Waals surface area contributed by atoms with Gasteiger partial charge in [0.05, 0.1) is 0 Å². The maximum absolute atomic E-state index is 2.37. The zero-order valence-corrected chi connectivity index (χ0v) is 31.8. The molecule has 0 spiro atoms. The van der Waals surface area contributed by atoms with Crippen molar-refractivity contribution >= 4 is 75.4 Å². The Labute approximate surface area is 336 Å². The van der Waals surface area contributed by atoms with Crippen molar-refractivity contribution in [2.75, 3.05) is 0 Å². The standard InChI is InChI=1S/C58H36/c1-5-19-49-37(11-1)27-29-53-55(49)35-45-13-3-7-21-51(45)57(53)47-17-9-15-39(33-47)41-23-25-44-32-42(24-26-43(44)31-41)40-16-10-18-48(34-40)58-52-22-8-4-14-46(52)36-56-50-20-6-2-12-38(50)28-30-54(56)58/h1-36H. The summed E-state index contributed by atoms with van der Waals surface area (Å²) < 4.78 is 0. The molecule has 0 atom stereocenters. The van der Waals surface area contributed by atoms with Gasteiger partial charge in [-0.3, -0.25) is 0 Å². The number of hydrogen-bond donors (Lipinski definition) is 0. The third kappa shape index (κ3) is 5.23. The summed E-state index contributed by atoms with van der Waals surface area (Å²) in [5, 5.41) is 17.8. The Morgan fingerprint density at radius 1 is 0.155 bits per heavy atom. The molecule has 12 aromatic rings. The van der Waals surface area contributed by atoms with Crippen molar-refractivity contribution in [1.29, 1.82) is 0 Å². The first kappa shape index (κ1) is 32.7. The highest BCUT2D eigenvalue weighted by atomic mass is 14.2. The minimum Gasteiger partial charge on any atom is -0.0616 e. The zero-order valence-electron chi connectivity index (χ0n) is 31.8. The second-order valence-electron chi connectivity index (χ2n) is 15.6. The molecular formula is C58H36. The van der Waals surface area contributed by atoms with E-state index in [9.17, 15) is 0 Å². The number of rotatable bonds is 4. The van der Waals surface area contributed by atoms with Gasteiger partial charge in [0.15, 0.2) is 0 Å². The second kappa shape index (κ2) is 13.0. The molecular weight excluding hydrogens is 697 g/mol. The Morgan fingerprint density at radius 3 is 0.983 bits per heavy atom. The van der Waals surface area contributed by atoms with Gasteiger partial charge in [0.2, 0.25) is 0 Å². The summed E-state index contributed by atoms with van der Waals surface area (Å²) in [5.74, 6) is 0. The lowest BCUT2D eigenvalue weighted by Crippen LogP contribution is -1.88. The van der Waals surface area contributed by atoms with Crippen LogP contribution in [0.5, 0.6) is 0 Å². The van der Waals surface area contributed by atoms with Crippen LogP contribution in [0.4, 0.5) is 0 Å². The first-order valence-corrected chi connectivity index (χ1v) is 20.2. The quantitative estimate of drug-likeness (QED) is 0.125. The molecule has 0 saturated heterocycles. The molecule has 12 rings (SSSR count). The maximum atomic E-state index is 2.37. The van der Waals surface area contributed by atoms with Crippen molar-refractivity contribution in [2.45, 2.75) is 0 Å². The van der Waals surface area contributed by atoms with Crippen LogP contribution in [0.1, 0.15) is 0 Å². The highest BCUT2D eigenvalue weighted by Crippen LogP contribution is 2.42. The SMILES string of the molecule is c1cc(-c2ccc3cc(-c4cccc(-c5c6ccccc6cc6c5ccc5ccccc56)c4)ccc3c2)cc(-c2c3ccccc3cc3c2ccc2ccccc23)c1. The molecule has 58 heavy (non-hydrogen) atoms. The molecule has 0 amide bonds. The van der Waals surface area contributed by atoms with E-state index in [0.717, 1.165) is 0 Å². The third-order valence-corrected chi connectivity index (χ3v) is 12.3. The topological polar surface area (TPSA) is 0 Å². The minimum atomic E-state index is 1.22. The molecule has 0 aliphatic heterocycles. The Kier molecular flexibility index (Phi) is 7.33. The van der Waals surface area contributed by atoms with Crippen LogP contribution in [-0.2, 0) is 0 Å². The van der Waals surface area contributed by atoms with E-state index in [1.807, 2.05) is 0 Å². The first-order valence-electron chi connectivity index (χ1n) is 20.2. The Hall–Kier alpha value is -7.54. The molecule has 0 N–H and O–H groups in total. The van der Waals surface area contributed by atoms with Crippen LogP contribution in [0.3, 0.4) is 0 Å². The molecule has 0 aliphatic carbocycles. The fraction of sp³-hybridized carbons (Fsp3) is 0. The molecule has 0 saturated carbocycles. The van der Waals surface area contributed by atoms with Gasteiger partial charge in [0.1, 0.15) is 0 Å². The number of fused-ring (bicyclic) bond motifs is 9. The smallest absolute Gasteiger partial charge is 0.00264 e. The van der Waals surface area contributed by atoms with Gasteiger partial charge in [-0.05, 0) is 156 Å². The van der Waals surface area contributed by atoms with Crippen LogP contribution < -0.4 is 0 Å². The zero-order chi connectivity index (χ0) is 38.2. The predicted molar refractivity (Wildman–Crippen MR) is 251 cm³/mol. The number of hydrogen-bond acceptors (Lipinski definition) is 0. The summed E-state index contributed by atoms with van der Waals surface area (Å²) >= 11 is 0. The van der Waals surface area contributed by atoms with Crippen LogP contribution in [-0.4, -0.2) is 0 Å². The number of benzene rings is 12. The van der Waals surface area contributed by atoms with E-state index in [2.05, 4.69) is 218 Å². The van der Waals surface area contributed by atoms with E-state index in [4.69, 9.17) is 0 Å². The van der Waals surface area contributed by atoms with Gasteiger partial charge in [-0.15, -0.1) is 0 Å². The molecule has 0 aliphatic rings. The van der Waals surface area contributed by atoms with Crippen LogP contribution in [0, 0.1) is 0 Å². The van der Waals surface area contributed by atoms with E-state index in [-0.39, 0.29) is 0 Å². The summed E-state index contributed by atoms with van der Waals surface area (Å²) in [6, 6.07) is 80.9. The average Bonchev–Trinajstić information content (AvgIpc) is 3.29. The maximum Gasteiger partial charge on any atom is -0.00264 e. The Morgan fingerprint density at radius 2 is 0.517 bits per heavy atom. The molecule has 268 valence electrons. The molecule has 0 fully saturated rings. The third-order valence-electron chi connectivity index (χ3n) is 12.3. The van der Waals surface area contributed by atoms with E-state index in [0.29, 0.717) is 0 Å². The average molecular weight is 733 g/mol. The lowest BCUT2D eigenvalue weighted by Gasteiger charge is -2.15. The molecule has 0 unspecified atom stereocenters. The van der Waals surface area contributed by atoms with Crippen molar-refractivity contribution in [3.63, 3.8) is 0 Å². The van der Waals surface area contributed by atoms with E-state index in [1.54, 1.807) is 0 Å². The van der Waals surface area contributed by atoms with E-state index in [1.165, 1.54) is 120 Å². The van der Waals surface area contributed by atoms with Gasteiger partial charge in [-0.1, -0.05) is 182 Å². The van der Waals surface area contributed by atoms with Crippen molar-refractivity contribution in [1.82, 2.24) is 0 Å². The monoisotopic (exact) mass is 732 g/mol. The molecule has 12 aromatic carbocycles. The normalized spacial score (nSPS) is 11.8. The minimum absolute atomic E-state index is 1.22. The van der Waals surface area contributed by atoms with Crippen molar-refractivity contribution in [3.05, 3.63) is 218 Å². The lowest BCUT2D eigenvalue weighted by molar-refractivity contribution is 1.62. The van der Waals surface area contributed by atoms with Gasteiger partial charge >= 0.3 is 0 Å². The summed E-state index contributed by atoms with van der Waals surface area (Å²) in [4.78, 5) is 0. The summed E-state index contributed by atoms with van der Waals surface area (Å²) in [6.45, 7) is 0. The predicted octanol–water partition coefficient (Wildman–Crippen LogP) is 16.4. The van der Waals surface area contributed by atoms with Gasteiger partial charge in [0, 0.05) is 0 Å². The highest BCUT2D eigenvalue weighted by molar-refractivity contribution is 6.21. The highest BCUT2D eigenvalue weighted by Gasteiger charge is 2.15. The van der Waals surface area contributed by atoms with Crippen LogP contribution >= 0.6 is 0 Å². The fourth-order valence-electron chi connectivity index (χ4n) is 9.58. The Balaban J connectivity index is 0.941. The summed E-state index contributed by atoms with van der Waals surface area (Å²) in [6.07, 6.45) is 0. The van der Waals surface area contributed by atoms with E-state index >= 15 is 0 Å². The van der Waals surface area contributed by atoms with Gasteiger partial charge < -0.3 is 0 Å². The molecule has 0 bridgehead atoms. The largest absolute Gasteiger partial charge is 0.0616 e. The van der Waals surface area contributed by atoms with Gasteiger partial charge in [-0.25, -0.2) is 0 Å². The second-order valence-corrected chi connectivity index (χ2v) is 15.6. The Bertz CT molecular complexity index is 3380. The van der Waals surface area contributed by atoms with Crippen molar-refractivity contribution in [3.8, 4) is 44.5 Å². The first-order chi connectivity index (χ1) is 28.7. The fourth-order valence-corrected chi connectivity index (χ4v) is 9.58. The van der Waals surface area contributed by atoms with Crippen molar-refractivity contribution in [2.24, 2.45) is 0 Å².